The first-order valence-electron chi connectivity index (χ1n) is 4.58. The van der Waals surface area contributed by atoms with Crippen molar-refractivity contribution in [1.29, 1.82) is 0 Å². The van der Waals surface area contributed by atoms with E-state index in [9.17, 15) is 0 Å². The first-order valence-corrected chi connectivity index (χ1v) is 6.19. The van der Waals surface area contributed by atoms with E-state index in [1.54, 1.807) is 11.3 Å². The van der Waals surface area contributed by atoms with Crippen LogP contribution in [0.15, 0.2) is 20.4 Å². The summed E-state index contributed by atoms with van der Waals surface area (Å²) in [5.74, 6) is 1.27. The summed E-state index contributed by atoms with van der Waals surface area (Å²) in [6.07, 6.45) is 0. The Balaban J connectivity index is 2.13. The zero-order valence-electron chi connectivity index (χ0n) is 8.16. The van der Waals surface area contributed by atoms with Crippen LogP contribution in [0.5, 0.6) is 0 Å². The SMILES string of the molecule is CCNCc1noc(-c2ccc(Br)s2)n1. The van der Waals surface area contributed by atoms with E-state index >= 15 is 0 Å². The third kappa shape index (κ3) is 2.64. The molecule has 0 fully saturated rings. The molecule has 6 heteroatoms. The first-order chi connectivity index (χ1) is 7.29. The third-order valence-corrected chi connectivity index (χ3v) is 3.40. The molecule has 4 nitrogen and oxygen atoms in total. The van der Waals surface area contributed by atoms with Gasteiger partial charge in [-0.2, -0.15) is 4.98 Å². The molecular formula is C9H10BrN3OS. The number of halogens is 1. The molecule has 0 aliphatic rings. The molecule has 0 atom stereocenters. The Morgan fingerprint density at radius 3 is 3.07 bits per heavy atom. The van der Waals surface area contributed by atoms with Crippen molar-refractivity contribution in [2.45, 2.75) is 13.5 Å². The Morgan fingerprint density at radius 1 is 1.53 bits per heavy atom. The normalized spacial score (nSPS) is 10.8. The molecule has 80 valence electrons. The quantitative estimate of drug-likeness (QED) is 0.939. The summed E-state index contributed by atoms with van der Waals surface area (Å²) >= 11 is 4.97. The Bertz CT molecular complexity index is 440. The number of aromatic nitrogens is 2. The largest absolute Gasteiger partial charge is 0.333 e. The van der Waals surface area contributed by atoms with E-state index in [2.05, 4.69) is 31.4 Å². The molecule has 0 spiro atoms. The molecule has 0 saturated carbocycles. The molecule has 0 bridgehead atoms. The Labute approximate surface area is 99.8 Å². The standard InChI is InChI=1S/C9H10BrN3OS/c1-2-11-5-8-12-9(14-13-8)6-3-4-7(10)15-6/h3-4,11H,2,5H2,1H3. The summed E-state index contributed by atoms with van der Waals surface area (Å²) in [5.41, 5.74) is 0. The van der Waals surface area contributed by atoms with E-state index in [0.29, 0.717) is 18.3 Å². The molecular weight excluding hydrogens is 278 g/mol. The fourth-order valence-electron chi connectivity index (χ4n) is 1.09. The van der Waals surface area contributed by atoms with Crippen molar-refractivity contribution in [1.82, 2.24) is 15.5 Å². The van der Waals surface area contributed by atoms with Crippen LogP contribution in [0.4, 0.5) is 0 Å². The monoisotopic (exact) mass is 287 g/mol. The van der Waals surface area contributed by atoms with Gasteiger partial charge in [-0.25, -0.2) is 0 Å². The minimum atomic E-state index is 0.582. The van der Waals surface area contributed by atoms with E-state index < -0.39 is 0 Å². The summed E-state index contributed by atoms with van der Waals surface area (Å²) in [5, 5.41) is 7.03. The van der Waals surface area contributed by atoms with Gasteiger partial charge in [0.25, 0.3) is 5.89 Å². The Morgan fingerprint density at radius 2 is 2.40 bits per heavy atom. The fourth-order valence-corrected chi connectivity index (χ4v) is 2.40. The van der Waals surface area contributed by atoms with Crippen LogP contribution in [0.2, 0.25) is 0 Å². The maximum Gasteiger partial charge on any atom is 0.268 e. The number of thiophene rings is 1. The predicted octanol–water partition coefficient (Wildman–Crippen LogP) is 2.67. The molecule has 1 N–H and O–H groups in total. The van der Waals surface area contributed by atoms with E-state index in [-0.39, 0.29) is 0 Å². The van der Waals surface area contributed by atoms with E-state index in [1.807, 2.05) is 19.1 Å². The summed E-state index contributed by atoms with van der Waals surface area (Å²) in [4.78, 5) is 5.26. The molecule has 2 heterocycles. The van der Waals surface area contributed by atoms with Crippen LogP contribution in [0.1, 0.15) is 12.7 Å². The van der Waals surface area contributed by atoms with Crippen LogP contribution < -0.4 is 5.32 Å². The highest BCUT2D eigenvalue weighted by molar-refractivity contribution is 9.11. The minimum Gasteiger partial charge on any atom is -0.333 e. The zero-order chi connectivity index (χ0) is 10.7. The van der Waals surface area contributed by atoms with Crippen LogP contribution in [0, 0.1) is 0 Å². The molecule has 0 unspecified atom stereocenters. The maximum absolute atomic E-state index is 5.15. The van der Waals surface area contributed by atoms with Gasteiger partial charge < -0.3 is 9.84 Å². The average Bonchev–Trinajstić information content (AvgIpc) is 2.83. The lowest BCUT2D eigenvalue weighted by Gasteiger charge is -1.92. The minimum absolute atomic E-state index is 0.582. The molecule has 0 saturated heterocycles. The van der Waals surface area contributed by atoms with Crippen LogP contribution in [0.3, 0.4) is 0 Å². The van der Waals surface area contributed by atoms with Gasteiger partial charge in [-0.05, 0) is 34.6 Å². The molecule has 0 aromatic carbocycles. The molecule has 0 amide bonds. The lowest BCUT2D eigenvalue weighted by atomic mass is 10.5. The van der Waals surface area contributed by atoms with E-state index in [4.69, 9.17) is 4.52 Å². The lowest BCUT2D eigenvalue weighted by Crippen LogP contribution is -2.12. The fraction of sp³-hybridized carbons (Fsp3) is 0.333. The smallest absolute Gasteiger partial charge is 0.268 e. The Hall–Kier alpha value is -0.720. The van der Waals surface area contributed by atoms with Crippen molar-refractivity contribution >= 4 is 27.3 Å². The number of hydrogen-bond acceptors (Lipinski definition) is 5. The van der Waals surface area contributed by atoms with Crippen molar-refractivity contribution in [2.24, 2.45) is 0 Å². The topological polar surface area (TPSA) is 51.0 Å². The molecule has 0 aliphatic heterocycles. The summed E-state index contributed by atoms with van der Waals surface area (Å²) in [6, 6.07) is 3.92. The first kappa shape index (κ1) is 10.8. The van der Waals surface area contributed by atoms with Crippen molar-refractivity contribution < 1.29 is 4.52 Å². The van der Waals surface area contributed by atoms with E-state index in [1.165, 1.54) is 0 Å². The van der Waals surface area contributed by atoms with Crippen LogP contribution >= 0.6 is 27.3 Å². The maximum atomic E-state index is 5.15. The summed E-state index contributed by atoms with van der Waals surface area (Å²) in [7, 11) is 0. The Kier molecular flexibility index (Phi) is 3.50. The molecule has 2 rings (SSSR count). The van der Waals surface area contributed by atoms with E-state index in [0.717, 1.165) is 15.2 Å². The summed E-state index contributed by atoms with van der Waals surface area (Å²) < 4.78 is 6.21. The van der Waals surface area contributed by atoms with Crippen molar-refractivity contribution in [2.75, 3.05) is 6.54 Å². The van der Waals surface area contributed by atoms with Gasteiger partial charge in [-0.1, -0.05) is 12.1 Å². The van der Waals surface area contributed by atoms with Crippen molar-refractivity contribution in [3.63, 3.8) is 0 Å². The van der Waals surface area contributed by atoms with Gasteiger partial charge in [0.2, 0.25) is 0 Å². The highest BCUT2D eigenvalue weighted by atomic mass is 79.9. The van der Waals surface area contributed by atoms with Gasteiger partial charge in [-0.3, -0.25) is 0 Å². The van der Waals surface area contributed by atoms with Crippen molar-refractivity contribution in [3.8, 4) is 10.8 Å². The average molecular weight is 288 g/mol. The second-order valence-electron chi connectivity index (χ2n) is 2.90. The number of hydrogen-bond donors (Lipinski definition) is 1. The van der Waals surface area contributed by atoms with Gasteiger partial charge in [0.1, 0.15) is 0 Å². The highest BCUT2D eigenvalue weighted by Crippen LogP contribution is 2.29. The number of nitrogens with one attached hydrogen (secondary N) is 1. The van der Waals surface area contributed by atoms with Gasteiger partial charge in [-0.15, -0.1) is 11.3 Å². The molecule has 2 aromatic heterocycles. The number of rotatable bonds is 4. The lowest BCUT2D eigenvalue weighted by molar-refractivity contribution is 0.420. The molecule has 2 aromatic rings. The third-order valence-electron chi connectivity index (χ3n) is 1.79. The van der Waals surface area contributed by atoms with Crippen LogP contribution in [-0.4, -0.2) is 16.7 Å². The second-order valence-corrected chi connectivity index (χ2v) is 5.36. The van der Waals surface area contributed by atoms with Crippen LogP contribution in [-0.2, 0) is 6.54 Å². The van der Waals surface area contributed by atoms with Gasteiger partial charge >= 0.3 is 0 Å². The second kappa shape index (κ2) is 4.87. The van der Waals surface area contributed by atoms with Crippen LogP contribution in [0.25, 0.3) is 10.8 Å². The molecule has 0 radical (unpaired) electrons. The predicted molar refractivity (Wildman–Crippen MR) is 62.7 cm³/mol. The van der Waals surface area contributed by atoms with Gasteiger partial charge in [0.15, 0.2) is 5.82 Å². The van der Waals surface area contributed by atoms with Crippen molar-refractivity contribution in [3.05, 3.63) is 21.7 Å². The number of nitrogens with zero attached hydrogens (tertiary/aromatic N) is 2. The zero-order valence-corrected chi connectivity index (χ0v) is 10.6. The summed E-state index contributed by atoms with van der Waals surface area (Å²) in [6.45, 7) is 3.58. The molecule has 15 heavy (non-hydrogen) atoms. The highest BCUT2D eigenvalue weighted by Gasteiger charge is 2.10. The molecule has 0 aliphatic carbocycles. The van der Waals surface area contributed by atoms with Gasteiger partial charge in [0, 0.05) is 0 Å². The van der Waals surface area contributed by atoms with Gasteiger partial charge in [0.05, 0.1) is 15.2 Å².